The summed E-state index contributed by atoms with van der Waals surface area (Å²) >= 11 is 1.89. The summed E-state index contributed by atoms with van der Waals surface area (Å²) in [5.74, 6) is 1.21. The lowest BCUT2D eigenvalue weighted by Crippen LogP contribution is -2.24. The van der Waals surface area contributed by atoms with Crippen LogP contribution in [0.1, 0.15) is 35.1 Å². The highest BCUT2D eigenvalue weighted by molar-refractivity contribution is 7.10. The minimum Gasteiger partial charge on any atom is -0.330 e. The summed E-state index contributed by atoms with van der Waals surface area (Å²) in [4.78, 5) is 11.2. The highest BCUT2D eigenvalue weighted by atomic mass is 32.1. The van der Waals surface area contributed by atoms with Gasteiger partial charge in [-0.15, -0.1) is 11.3 Å². The molecule has 0 unspecified atom stereocenters. The maximum Gasteiger partial charge on any atom is 0.127 e. The van der Waals surface area contributed by atoms with Gasteiger partial charge in [0.1, 0.15) is 5.82 Å². The monoisotopic (exact) mass is 354 g/mol. The third-order valence-electron chi connectivity index (χ3n) is 5.05. The number of rotatable bonds is 5. The Morgan fingerprint density at radius 3 is 2.92 bits per heavy atom. The Morgan fingerprint density at radius 2 is 2.12 bits per heavy atom. The molecule has 0 saturated carbocycles. The third-order valence-corrected chi connectivity index (χ3v) is 6.02. The van der Waals surface area contributed by atoms with E-state index in [4.69, 9.17) is 4.98 Å². The van der Waals surface area contributed by atoms with Gasteiger partial charge in [0.25, 0.3) is 0 Å². The average Bonchev–Trinajstić information content (AvgIpc) is 3.28. The topological polar surface area (TPSA) is 24.3 Å². The molecule has 1 aliphatic heterocycles. The Hall–Kier alpha value is -1.69. The number of aryl methyl sites for hydroxylation is 1. The normalized spacial score (nSPS) is 18.6. The van der Waals surface area contributed by atoms with Gasteiger partial charge >= 0.3 is 0 Å². The molecule has 1 fully saturated rings. The molecule has 1 aliphatic rings. The van der Waals surface area contributed by atoms with Crippen molar-refractivity contribution in [1.82, 2.24) is 19.4 Å². The summed E-state index contributed by atoms with van der Waals surface area (Å²) in [6.07, 6.45) is 2.46. The van der Waals surface area contributed by atoms with E-state index in [9.17, 15) is 0 Å². The number of hydrogen-bond acceptors (Lipinski definition) is 4. The highest BCUT2D eigenvalue weighted by Crippen LogP contribution is 2.34. The fraction of sp³-hybridized carbons (Fsp3) is 0.450. The number of imidazole rings is 1. The molecule has 2 aromatic heterocycles. The number of likely N-dealkylation sites (tertiary alicyclic amines) is 1. The van der Waals surface area contributed by atoms with Gasteiger partial charge in [0, 0.05) is 25.0 Å². The maximum absolute atomic E-state index is 4.95. The number of thiophene rings is 1. The van der Waals surface area contributed by atoms with Crippen LogP contribution in [0, 0.1) is 0 Å². The van der Waals surface area contributed by atoms with E-state index < -0.39 is 0 Å². The number of para-hydroxylation sites is 2. The highest BCUT2D eigenvalue weighted by Gasteiger charge is 2.30. The Kier molecular flexibility index (Phi) is 4.63. The minimum atomic E-state index is 0.428. The molecule has 0 N–H and O–H groups in total. The van der Waals surface area contributed by atoms with E-state index in [2.05, 4.69) is 71.2 Å². The molecule has 0 aliphatic carbocycles. The molecule has 5 heteroatoms. The molecule has 0 amide bonds. The van der Waals surface area contributed by atoms with Crippen molar-refractivity contribution in [2.45, 2.75) is 32.0 Å². The molecule has 132 valence electrons. The van der Waals surface area contributed by atoms with Crippen molar-refractivity contribution < 1.29 is 0 Å². The van der Waals surface area contributed by atoms with Crippen molar-refractivity contribution in [1.29, 1.82) is 0 Å². The van der Waals surface area contributed by atoms with Crippen LogP contribution in [0.15, 0.2) is 35.7 Å². The van der Waals surface area contributed by atoms with Crippen LogP contribution < -0.4 is 0 Å². The van der Waals surface area contributed by atoms with Gasteiger partial charge in [-0.2, -0.15) is 0 Å². The van der Waals surface area contributed by atoms with E-state index in [1.165, 1.54) is 34.6 Å². The molecular formula is C20H26N4S. The van der Waals surface area contributed by atoms with Gasteiger partial charge in [0.05, 0.1) is 17.1 Å². The Bertz CT molecular complexity index is 864. The summed E-state index contributed by atoms with van der Waals surface area (Å²) in [7, 11) is 6.40. The summed E-state index contributed by atoms with van der Waals surface area (Å²) in [5.41, 5.74) is 3.76. The van der Waals surface area contributed by atoms with E-state index in [0.29, 0.717) is 6.04 Å². The van der Waals surface area contributed by atoms with Crippen molar-refractivity contribution >= 4 is 22.4 Å². The standard InChI is InChI=1S/C20H26N4S/c1-22(2)12-15-11-16(25-14-15)13-24-10-6-9-19(24)20-21-17-7-4-5-8-18(17)23(20)3/h4-5,7-8,11,14,19H,6,9-10,12-13H2,1-3H3/t19-/m0/s1. The van der Waals surface area contributed by atoms with Crippen LogP contribution in [0.3, 0.4) is 0 Å². The second kappa shape index (κ2) is 6.90. The van der Waals surface area contributed by atoms with E-state index >= 15 is 0 Å². The summed E-state index contributed by atoms with van der Waals surface area (Å²) in [5, 5.41) is 2.30. The van der Waals surface area contributed by atoms with Crippen LogP contribution in [-0.4, -0.2) is 40.0 Å². The van der Waals surface area contributed by atoms with E-state index in [1.54, 1.807) is 0 Å². The van der Waals surface area contributed by atoms with Crippen LogP contribution in [0.4, 0.5) is 0 Å². The number of nitrogens with zero attached hydrogens (tertiary/aromatic N) is 4. The van der Waals surface area contributed by atoms with Crippen LogP contribution in [0.2, 0.25) is 0 Å². The molecule has 1 aromatic carbocycles. The van der Waals surface area contributed by atoms with Gasteiger partial charge < -0.3 is 9.47 Å². The van der Waals surface area contributed by atoms with Gasteiger partial charge in [-0.05, 0) is 62.6 Å². The Morgan fingerprint density at radius 1 is 1.28 bits per heavy atom. The third kappa shape index (κ3) is 3.36. The molecule has 0 spiro atoms. The van der Waals surface area contributed by atoms with Crippen molar-refractivity contribution in [3.8, 4) is 0 Å². The van der Waals surface area contributed by atoms with E-state index in [1.807, 2.05) is 11.3 Å². The first-order valence-electron chi connectivity index (χ1n) is 8.98. The van der Waals surface area contributed by atoms with E-state index in [-0.39, 0.29) is 0 Å². The number of aromatic nitrogens is 2. The molecule has 0 radical (unpaired) electrons. The molecule has 1 saturated heterocycles. The predicted molar refractivity (Wildman–Crippen MR) is 105 cm³/mol. The van der Waals surface area contributed by atoms with Crippen LogP contribution >= 0.6 is 11.3 Å². The largest absolute Gasteiger partial charge is 0.330 e. The van der Waals surface area contributed by atoms with Crippen molar-refractivity contribution in [2.75, 3.05) is 20.6 Å². The summed E-state index contributed by atoms with van der Waals surface area (Å²) < 4.78 is 2.28. The van der Waals surface area contributed by atoms with Crippen molar-refractivity contribution in [2.24, 2.45) is 7.05 Å². The average molecular weight is 355 g/mol. The van der Waals surface area contributed by atoms with Gasteiger partial charge in [0.2, 0.25) is 0 Å². The van der Waals surface area contributed by atoms with Crippen molar-refractivity contribution in [3.05, 3.63) is 52.0 Å². The number of benzene rings is 1. The SMILES string of the molecule is CN(C)Cc1csc(CN2CCC[C@H]2c2nc3ccccc3n2C)c1. The first-order chi connectivity index (χ1) is 12.1. The number of hydrogen-bond donors (Lipinski definition) is 0. The van der Waals surface area contributed by atoms with Gasteiger partial charge in [0.15, 0.2) is 0 Å². The first kappa shape index (κ1) is 16.8. The summed E-state index contributed by atoms with van der Waals surface area (Å²) in [6, 6.07) is 11.2. The molecular weight excluding hydrogens is 328 g/mol. The fourth-order valence-electron chi connectivity index (χ4n) is 3.93. The molecule has 4 nitrogen and oxygen atoms in total. The molecule has 3 heterocycles. The smallest absolute Gasteiger partial charge is 0.127 e. The number of fused-ring (bicyclic) bond motifs is 1. The zero-order valence-electron chi connectivity index (χ0n) is 15.3. The molecule has 3 aromatic rings. The van der Waals surface area contributed by atoms with Crippen LogP contribution in [-0.2, 0) is 20.1 Å². The predicted octanol–water partition coefficient (Wildman–Crippen LogP) is 4.03. The first-order valence-corrected chi connectivity index (χ1v) is 9.86. The summed E-state index contributed by atoms with van der Waals surface area (Å²) in [6.45, 7) is 3.21. The zero-order chi connectivity index (χ0) is 17.4. The van der Waals surface area contributed by atoms with Gasteiger partial charge in [-0.3, -0.25) is 4.90 Å². The Labute approximate surface area is 153 Å². The van der Waals surface area contributed by atoms with Crippen molar-refractivity contribution in [3.63, 3.8) is 0 Å². The van der Waals surface area contributed by atoms with Crippen LogP contribution in [0.25, 0.3) is 11.0 Å². The lowest BCUT2D eigenvalue weighted by molar-refractivity contribution is 0.239. The maximum atomic E-state index is 4.95. The van der Waals surface area contributed by atoms with Gasteiger partial charge in [-0.1, -0.05) is 12.1 Å². The van der Waals surface area contributed by atoms with Crippen LogP contribution in [0.5, 0.6) is 0 Å². The van der Waals surface area contributed by atoms with E-state index in [0.717, 1.165) is 25.2 Å². The second-order valence-electron chi connectivity index (χ2n) is 7.31. The molecule has 0 bridgehead atoms. The lowest BCUT2D eigenvalue weighted by atomic mass is 10.2. The van der Waals surface area contributed by atoms with Gasteiger partial charge in [-0.25, -0.2) is 4.98 Å². The molecule has 4 rings (SSSR count). The Balaban J connectivity index is 1.55. The lowest BCUT2D eigenvalue weighted by Gasteiger charge is -2.23. The molecule has 25 heavy (non-hydrogen) atoms. The quantitative estimate of drug-likeness (QED) is 0.691. The zero-order valence-corrected chi connectivity index (χ0v) is 16.1. The fourth-order valence-corrected chi connectivity index (χ4v) is 4.83. The second-order valence-corrected chi connectivity index (χ2v) is 8.30. The minimum absolute atomic E-state index is 0.428. The molecule has 1 atom stereocenters.